The first kappa shape index (κ1) is 17.3. The third-order valence-corrected chi connectivity index (χ3v) is 4.42. The van der Waals surface area contributed by atoms with Gasteiger partial charge in [0.2, 0.25) is 0 Å². The van der Waals surface area contributed by atoms with Gasteiger partial charge in [0.05, 0.1) is 11.9 Å². The highest BCUT2D eigenvalue weighted by molar-refractivity contribution is 6.30. The molecule has 0 saturated heterocycles. The molecule has 0 saturated carbocycles. The number of anilines is 1. The predicted octanol–water partition coefficient (Wildman–Crippen LogP) is 5.62. The first-order valence-electron chi connectivity index (χ1n) is 8.24. The Morgan fingerprint density at radius 1 is 1.12 bits per heavy atom. The first-order chi connectivity index (χ1) is 11.9. The highest BCUT2D eigenvalue weighted by Gasteiger charge is 2.06. The van der Waals surface area contributed by atoms with E-state index in [9.17, 15) is 0 Å². The second-order valence-corrected chi connectivity index (χ2v) is 6.88. The number of hydrogen-bond donors (Lipinski definition) is 1. The van der Waals surface area contributed by atoms with Crippen LogP contribution in [0.3, 0.4) is 0 Å². The number of aryl methyl sites for hydroxylation is 3. The summed E-state index contributed by atoms with van der Waals surface area (Å²) in [5, 5.41) is 8.54. The third-order valence-electron chi connectivity index (χ3n) is 4.18. The van der Waals surface area contributed by atoms with Crippen LogP contribution in [-0.4, -0.2) is 9.78 Å². The van der Waals surface area contributed by atoms with Gasteiger partial charge < -0.3 is 5.32 Å². The fourth-order valence-corrected chi connectivity index (χ4v) is 3.10. The molecule has 4 heteroatoms. The summed E-state index contributed by atoms with van der Waals surface area (Å²) in [5.41, 5.74) is 7.77. The highest BCUT2D eigenvalue weighted by Crippen LogP contribution is 2.22. The topological polar surface area (TPSA) is 29.9 Å². The smallest absolute Gasteiger partial charge is 0.0676 e. The van der Waals surface area contributed by atoms with Crippen molar-refractivity contribution in [1.29, 1.82) is 0 Å². The molecule has 1 N–H and O–H groups in total. The first-order valence-corrected chi connectivity index (χ1v) is 8.62. The van der Waals surface area contributed by atoms with Gasteiger partial charge in [-0.1, -0.05) is 24.2 Å². The normalized spacial score (nSPS) is 10.7. The van der Waals surface area contributed by atoms with E-state index in [1.54, 1.807) is 0 Å². The van der Waals surface area contributed by atoms with Gasteiger partial charge in [-0.15, -0.1) is 0 Å². The molecule has 0 aliphatic rings. The molecule has 3 nitrogen and oxygen atoms in total. The maximum atomic E-state index is 6.02. The Bertz CT molecular complexity index is 925. The Kier molecular flexibility index (Phi) is 4.95. The van der Waals surface area contributed by atoms with Crippen LogP contribution < -0.4 is 5.32 Å². The van der Waals surface area contributed by atoms with Gasteiger partial charge in [-0.3, -0.25) is 0 Å². The molecule has 0 spiro atoms. The van der Waals surface area contributed by atoms with Crippen LogP contribution in [0.15, 0.2) is 61.1 Å². The standard InChI is InChI=1S/C21H22ClN3/c1-14-12-23-25(13-14)21-8-7-20(10-16(21)3)24-17(4)11-18-5-6-19(22)9-15(18)2/h5-10,12-13,24H,4,11H2,1-3H3. The predicted molar refractivity (Wildman–Crippen MR) is 106 cm³/mol. The van der Waals surface area contributed by atoms with E-state index in [0.717, 1.165) is 39.6 Å². The zero-order chi connectivity index (χ0) is 18.0. The van der Waals surface area contributed by atoms with Gasteiger partial charge in [-0.2, -0.15) is 5.10 Å². The molecule has 1 aromatic heterocycles. The molecular weight excluding hydrogens is 330 g/mol. The summed E-state index contributed by atoms with van der Waals surface area (Å²) in [5.74, 6) is 0. The van der Waals surface area contributed by atoms with Crippen LogP contribution in [0.25, 0.3) is 5.69 Å². The number of rotatable bonds is 5. The minimum Gasteiger partial charge on any atom is -0.359 e. The van der Waals surface area contributed by atoms with Crippen molar-refractivity contribution in [2.75, 3.05) is 5.32 Å². The molecule has 2 aromatic carbocycles. The van der Waals surface area contributed by atoms with Crippen molar-refractivity contribution < 1.29 is 0 Å². The summed E-state index contributed by atoms with van der Waals surface area (Å²) < 4.78 is 1.90. The lowest BCUT2D eigenvalue weighted by Crippen LogP contribution is -2.04. The summed E-state index contributed by atoms with van der Waals surface area (Å²) in [6, 6.07) is 12.2. The molecule has 1 heterocycles. The zero-order valence-corrected chi connectivity index (χ0v) is 15.6. The van der Waals surface area contributed by atoms with Crippen LogP contribution in [-0.2, 0) is 6.42 Å². The fourth-order valence-electron chi connectivity index (χ4n) is 2.87. The average Bonchev–Trinajstić information content (AvgIpc) is 2.96. The van der Waals surface area contributed by atoms with E-state index in [1.165, 1.54) is 11.1 Å². The number of allylic oxidation sites excluding steroid dienone is 1. The highest BCUT2D eigenvalue weighted by atomic mass is 35.5. The van der Waals surface area contributed by atoms with Gasteiger partial charge in [-0.05, 0) is 73.4 Å². The van der Waals surface area contributed by atoms with Crippen molar-refractivity contribution in [3.63, 3.8) is 0 Å². The Balaban J connectivity index is 1.72. The van der Waals surface area contributed by atoms with Crippen LogP contribution in [0.5, 0.6) is 0 Å². The number of nitrogens with zero attached hydrogens (tertiary/aromatic N) is 2. The molecule has 0 bridgehead atoms. The lowest BCUT2D eigenvalue weighted by molar-refractivity contribution is 0.872. The summed E-state index contributed by atoms with van der Waals surface area (Å²) in [6.07, 6.45) is 4.65. The average molecular weight is 352 g/mol. The van der Waals surface area contributed by atoms with Gasteiger partial charge in [0.1, 0.15) is 0 Å². The molecule has 0 unspecified atom stereocenters. The van der Waals surface area contributed by atoms with E-state index >= 15 is 0 Å². The molecule has 0 radical (unpaired) electrons. The lowest BCUT2D eigenvalue weighted by atomic mass is 10.0. The molecule has 0 atom stereocenters. The Morgan fingerprint density at radius 2 is 1.92 bits per heavy atom. The zero-order valence-electron chi connectivity index (χ0n) is 14.8. The molecule has 128 valence electrons. The van der Waals surface area contributed by atoms with Crippen molar-refractivity contribution in [2.24, 2.45) is 0 Å². The van der Waals surface area contributed by atoms with Crippen LogP contribution in [0.2, 0.25) is 5.02 Å². The summed E-state index contributed by atoms with van der Waals surface area (Å²) >= 11 is 6.02. The molecular formula is C21H22ClN3. The number of aromatic nitrogens is 2. The summed E-state index contributed by atoms with van der Waals surface area (Å²) in [7, 11) is 0. The van der Waals surface area contributed by atoms with E-state index in [0.29, 0.717) is 0 Å². The van der Waals surface area contributed by atoms with Gasteiger partial charge >= 0.3 is 0 Å². The largest absolute Gasteiger partial charge is 0.359 e. The lowest BCUT2D eigenvalue weighted by Gasteiger charge is -2.14. The van der Waals surface area contributed by atoms with Gasteiger partial charge in [-0.25, -0.2) is 4.68 Å². The Morgan fingerprint density at radius 3 is 2.56 bits per heavy atom. The molecule has 3 aromatic rings. The maximum absolute atomic E-state index is 6.02. The van der Waals surface area contributed by atoms with Crippen LogP contribution in [0.4, 0.5) is 5.69 Å². The van der Waals surface area contributed by atoms with Crippen LogP contribution in [0, 0.1) is 20.8 Å². The monoisotopic (exact) mass is 351 g/mol. The quantitative estimate of drug-likeness (QED) is 0.646. The Labute approximate surface area is 154 Å². The van der Waals surface area contributed by atoms with Gasteiger partial charge in [0.15, 0.2) is 0 Å². The molecule has 0 amide bonds. The summed E-state index contributed by atoms with van der Waals surface area (Å²) in [6.45, 7) is 10.4. The van der Waals surface area contributed by atoms with E-state index in [4.69, 9.17) is 11.6 Å². The molecule has 25 heavy (non-hydrogen) atoms. The third kappa shape index (κ3) is 4.12. The minimum absolute atomic E-state index is 0.764. The molecule has 0 fully saturated rings. The molecule has 0 aliphatic heterocycles. The Hall–Kier alpha value is -2.52. The van der Waals surface area contributed by atoms with Crippen molar-refractivity contribution in [3.05, 3.63) is 88.3 Å². The van der Waals surface area contributed by atoms with Crippen molar-refractivity contribution in [3.8, 4) is 5.69 Å². The SMILES string of the molecule is C=C(Cc1ccc(Cl)cc1C)Nc1ccc(-n2cc(C)cn2)c(C)c1. The second kappa shape index (κ2) is 7.16. The van der Waals surface area contributed by atoms with Crippen molar-refractivity contribution in [1.82, 2.24) is 9.78 Å². The number of nitrogens with one attached hydrogen (secondary N) is 1. The number of halogens is 1. The minimum atomic E-state index is 0.764. The second-order valence-electron chi connectivity index (χ2n) is 6.44. The van der Waals surface area contributed by atoms with Gasteiger partial charge in [0, 0.05) is 29.0 Å². The van der Waals surface area contributed by atoms with E-state index < -0.39 is 0 Å². The van der Waals surface area contributed by atoms with Crippen molar-refractivity contribution in [2.45, 2.75) is 27.2 Å². The maximum Gasteiger partial charge on any atom is 0.0676 e. The molecule has 0 aliphatic carbocycles. The summed E-state index contributed by atoms with van der Waals surface area (Å²) in [4.78, 5) is 0. The van der Waals surface area contributed by atoms with Crippen LogP contribution in [0.1, 0.15) is 22.3 Å². The van der Waals surface area contributed by atoms with Crippen LogP contribution >= 0.6 is 11.6 Å². The van der Waals surface area contributed by atoms with Gasteiger partial charge in [0.25, 0.3) is 0 Å². The van der Waals surface area contributed by atoms with E-state index in [-0.39, 0.29) is 0 Å². The van der Waals surface area contributed by atoms with E-state index in [2.05, 4.69) is 55.1 Å². The molecule has 3 rings (SSSR count). The number of benzene rings is 2. The van der Waals surface area contributed by atoms with E-state index in [1.807, 2.05) is 36.1 Å². The van der Waals surface area contributed by atoms with Crippen molar-refractivity contribution >= 4 is 17.3 Å². The fraction of sp³-hybridized carbons (Fsp3) is 0.190. The number of hydrogen-bond acceptors (Lipinski definition) is 2.